The summed E-state index contributed by atoms with van der Waals surface area (Å²) in [6.07, 6.45) is 2.32. The first-order chi connectivity index (χ1) is 8.72. The highest BCUT2D eigenvalue weighted by atomic mass is 19.2. The lowest BCUT2D eigenvalue weighted by molar-refractivity contribution is 0.505. The van der Waals surface area contributed by atoms with Gasteiger partial charge in [-0.05, 0) is 42.8 Å². The number of hydrogen-bond acceptors (Lipinski definition) is 2. The maximum absolute atomic E-state index is 13.3. The monoisotopic (exact) mass is 248 g/mol. The second-order valence-corrected chi connectivity index (χ2v) is 4.06. The number of nitrogens with two attached hydrogens (primary N) is 1. The molecule has 0 saturated carbocycles. The molecule has 0 aliphatic carbocycles. The van der Waals surface area contributed by atoms with Crippen LogP contribution in [0.3, 0.4) is 0 Å². The quantitative estimate of drug-likeness (QED) is 0.903. The van der Waals surface area contributed by atoms with E-state index in [4.69, 9.17) is 5.73 Å². The molecule has 18 heavy (non-hydrogen) atoms. The minimum atomic E-state index is -0.842. The largest absolute Gasteiger partial charge is 0.330 e. The lowest BCUT2D eigenvalue weighted by atomic mass is 9.92. The van der Waals surface area contributed by atoms with Crippen molar-refractivity contribution in [2.24, 2.45) is 5.73 Å². The first-order valence-corrected chi connectivity index (χ1v) is 5.78. The molecule has 0 bridgehead atoms. The third-order valence-electron chi connectivity index (χ3n) is 2.85. The Bertz CT molecular complexity index is 514. The molecule has 0 fully saturated rings. The minimum Gasteiger partial charge on any atom is -0.330 e. The third kappa shape index (κ3) is 2.71. The molecular weight excluding hydrogens is 234 g/mol. The fourth-order valence-electron chi connectivity index (χ4n) is 1.96. The number of halogens is 2. The van der Waals surface area contributed by atoms with Crippen LogP contribution in [0.25, 0.3) is 0 Å². The number of benzene rings is 1. The van der Waals surface area contributed by atoms with Gasteiger partial charge in [-0.3, -0.25) is 4.98 Å². The topological polar surface area (TPSA) is 38.9 Å². The van der Waals surface area contributed by atoms with E-state index in [2.05, 4.69) is 4.98 Å². The van der Waals surface area contributed by atoms with Gasteiger partial charge in [0.05, 0.1) is 0 Å². The van der Waals surface area contributed by atoms with Crippen molar-refractivity contribution in [3.05, 3.63) is 65.5 Å². The summed E-state index contributed by atoms with van der Waals surface area (Å²) in [4.78, 5) is 4.25. The molecule has 0 spiro atoms. The van der Waals surface area contributed by atoms with E-state index < -0.39 is 11.6 Å². The van der Waals surface area contributed by atoms with Gasteiger partial charge in [0.1, 0.15) is 0 Å². The Morgan fingerprint density at radius 2 is 1.94 bits per heavy atom. The Labute approximate surface area is 104 Å². The molecule has 1 aromatic carbocycles. The van der Waals surface area contributed by atoms with Crippen LogP contribution in [-0.2, 0) is 0 Å². The van der Waals surface area contributed by atoms with Crippen molar-refractivity contribution in [2.45, 2.75) is 12.3 Å². The van der Waals surface area contributed by atoms with Gasteiger partial charge in [-0.1, -0.05) is 12.1 Å². The number of nitrogens with zero attached hydrogens (tertiary/aromatic N) is 1. The maximum atomic E-state index is 13.3. The van der Waals surface area contributed by atoms with Crippen LogP contribution in [0.2, 0.25) is 0 Å². The predicted octanol–water partition coefficient (Wildman–Crippen LogP) is 2.84. The van der Waals surface area contributed by atoms with Crippen LogP contribution in [0.5, 0.6) is 0 Å². The summed E-state index contributed by atoms with van der Waals surface area (Å²) in [5.41, 5.74) is 7.08. The van der Waals surface area contributed by atoms with Gasteiger partial charge in [-0.25, -0.2) is 8.78 Å². The average molecular weight is 248 g/mol. The van der Waals surface area contributed by atoms with Crippen LogP contribution in [0, 0.1) is 11.6 Å². The zero-order chi connectivity index (χ0) is 13.0. The number of hydrogen-bond donors (Lipinski definition) is 1. The maximum Gasteiger partial charge on any atom is 0.159 e. The first kappa shape index (κ1) is 12.6. The van der Waals surface area contributed by atoms with Crippen LogP contribution in [-0.4, -0.2) is 11.5 Å². The summed E-state index contributed by atoms with van der Waals surface area (Å²) in [7, 11) is 0. The van der Waals surface area contributed by atoms with Gasteiger partial charge in [0, 0.05) is 17.8 Å². The molecule has 0 aliphatic heterocycles. The predicted molar refractivity (Wildman–Crippen MR) is 66.1 cm³/mol. The second-order valence-electron chi connectivity index (χ2n) is 4.06. The van der Waals surface area contributed by atoms with Crippen molar-refractivity contribution in [1.29, 1.82) is 0 Å². The normalized spacial score (nSPS) is 12.4. The summed E-state index contributed by atoms with van der Waals surface area (Å²) in [5, 5.41) is 0. The molecule has 0 amide bonds. The van der Waals surface area contributed by atoms with Crippen molar-refractivity contribution in [1.82, 2.24) is 4.98 Å². The van der Waals surface area contributed by atoms with Crippen molar-refractivity contribution in [3.63, 3.8) is 0 Å². The third-order valence-corrected chi connectivity index (χ3v) is 2.85. The Balaban J connectivity index is 2.38. The van der Waals surface area contributed by atoms with E-state index in [9.17, 15) is 8.78 Å². The molecule has 1 atom stereocenters. The molecule has 0 saturated heterocycles. The fourth-order valence-corrected chi connectivity index (χ4v) is 1.96. The molecule has 2 nitrogen and oxygen atoms in total. The van der Waals surface area contributed by atoms with Gasteiger partial charge in [0.15, 0.2) is 11.6 Å². The van der Waals surface area contributed by atoms with E-state index in [1.54, 1.807) is 12.3 Å². The van der Waals surface area contributed by atoms with Crippen LogP contribution < -0.4 is 5.73 Å². The van der Waals surface area contributed by atoms with E-state index in [-0.39, 0.29) is 5.92 Å². The van der Waals surface area contributed by atoms with Gasteiger partial charge < -0.3 is 5.73 Å². The summed E-state index contributed by atoms with van der Waals surface area (Å²) in [6, 6.07) is 9.47. The molecule has 94 valence electrons. The van der Waals surface area contributed by atoms with Crippen molar-refractivity contribution in [2.75, 3.05) is 6.54 Å². The molecule has 2 rings (SSSR count). The summed E-state index contributed by atoms with van der Waals surface area (Å²) >= 11 is 0. The van der Waals surface area contributed by atoms with Crippen LogP contribution in [0.1, 0.15) is 23.6 Å². The molecule has 1 aromatic heterocycles. The molecule has 0 radical (unpaired) electrons. The van der Waals surface area contributed by atoms with E-state index in [1.807, 2.05) is 18.2 Å². The molecule has 1 unspecified atom stereocenters. The Morgan fingerprint density at radius 1 is 1.11 bits per heavy atom. The van der Waals surface area contributed by atoms with Gasteiger partial charge in [0.2, 0.25) is 0 Å². The molecule has 0 aliphatic rings. The highest BCUT2D eigenvalue weighted by Crippen LogP contribution is 2.27. The standard InChI is InChI=1S/C14H14F2N2/c15-12-5-4-10(9-13(12)16)11(6-7-17)14-3-1-2-8-18-14/h1-5,8-9,11H,6-7,17H2. The smallest absolute Gasteiger partial charge is 0.159 e. The SMILES string of the molecule is NCCC(c1ccc(F)c(F)c1)c1ccccn1. The zero-order valence-electron chi connectivity index (χ0n) is 9.81. The van der Waals surface area contributed by atoms with Gasteiger partial charge in [0.25, 0.3) is 0 Å². The molecular formula is C14H14F2N2. The van der Waals surface area contributed by atoms with Crippen molar-refractivity contribution < 1.29 is 8.78 Å². The van der Waals surface area contributed by atoms with Crippen LogP contribution in [0.4, 0.5) is 8.78 Å². The first-order valence-electron chi connectivity index (χ1n) is 5.78. The van der Waals surface area contributed by atoms with E-state index in [1.165, 1.54) is 6.07 Å². The summed E-state index contributed by atoms with van der Waals surface area (Å²) in [5.74, 6) is -1.79. The summed E-state index contributed by atoms with van der Waals surface area (Å²) < 4.78 is 26.2. The van der Waals surface area contributed by atoms with Gasteiger partial charge in [-0.2, -0.15) is 0 Å². The number of aromatic nitrogens is 1. The van der Waals surface area contributed by atoms with E-state index in [0.717, 1.165) is 11.8 Å². The van der Waals surface area contributed by atoms with Crippen molar-refractivity contribution >= 4 is 0 Å². The average Bonchev–Trinajstić information content (AvgIpc) is 2.40. The molecule has 2 N–H and O–H groups in total. The van der Waals surface area contributed by atoms with Crippen molar-refractivity contribution in [3.8, 4) is 0 Å². The Hall–Kier alpha value is -1.81. The van der Waals surface area contributed by atoms with Crippen LogP contribution >= 0.6 is 0 Å². The fraction of sp³-hybridized carbons (Fsp3) is 0.214. The number of rotatable bonds is 4. The van der Waals surface area contributed by atoms with Gasteiger partial charge in [-0.15, -0.1) is 0 Å². The van der Waals surface area contributed by atoms with E-state index in [0.29, 0.717) is 18.5 Å². The molecule has 2 aromatic rings. The lowest BCUT2D eigenvalue weighted by Crippen LogP contribution is -2.10. The molecule has 1 heterocycles. The highest BCUT2D eigenvalue weighted by molar-refractivity contribution is 5.29. The van der Waals surface area contributed by atoms with E-state index >= 15 is 0 Å². The highest BCUT2D eigenvalue weighted by Gasteiger charge is 2.16. The number of pyridine rings is 1. The van der Waals surface area contributed by atoms with Crippen LogP contribution in [0.15, 0.2) is 42.6 Å². The Morgan fingerprint density at radius 3 is 2.56 bits per heavy atom. The second kappa shape index (κ2) is 5.69. The lowest BCUT2D eigenvalue weighted by Gasteiger charge is -2.16. The van der Waals surface area contributed by atoms with Gasteiger partial charge >= 0.3 is 0 Å². The zero-order valence-corrected chi connectivity index (χ0v) is 9.81. The summed E-state index contributed by atoms with van der Waals surface area (Å²) in [6.45, 7) is 0.459. The molecule has 4 heteroatoms. The minimum absolute atomic E-state index is 0.105. The Kier molecular flexibility index (Phi) is 3.99.